The predicted octanol–water partition coefficient (Wildman–Crippen LogP) is 4.04. The van der Waals surface area contributed by atoms with Crippen LogP contribution in [0.1, 0.15) is 25.8 Å². The monoisotopic (exact) mass is 381 g/mol. The van der Waals surface area contributed by atoms with Crippen LogP contribution in [0.15, 0.2) is 53.9 Å². The number of pyridine rings is 1. The number of nitrogens with zero attached hydrogens (tertiary/aromatic N) is 4. The zero-order chi connectivity index (χ0) is 19.1. The first-order chi connectivity index (χ1) is 13.2. The van der Waals surface area contributed by atoms with Crippen molar-refractivity contribution in [1.29, 1.82) is 0 Å². The fourth-order valence-corrected chi connectivity index (χ4v) is 3.45. The van der Waals surface area contributed by atoms with Crippen molar-refractivity contribution in [2.24, 2.45) is 0 Å². The smallest absolute Gasteiger partial charge is 0.234 e. The number of carbonyl (C=O) groups is 1. The van der Waals surface area contributed by atoms with E-state index >= 15 is 0 Å². The van der Waals surface area contributed by atoms with Crippen LogP contribution in [-0.2, 0) is 17.8 Å². The van der Waals surface area contributed by atoms with Crippen molar-refractivity contribution in [2.45, 2.75) is 38.4 Å². The highest BCUT2D eigenvalue weighted by Gasteiger charge is 2.15. The zero-order valence-electron chi connectivity index (χ0n) is 15.6. The third-order valence-electron chi connectivity index (χ3n) is 4.08. The van der Waals surface area contributed by atoms with Crippen molar-refractivity contribution in [3.05, 3.63) is 54.4 Å². The third-order valence-corrected chi connectivity index (χ3v) is 5.05. The van der Waals surface area contributed by atoms with E-state index in [1.807, 2.05) is 36.4 Å². The summed E-state index contributed by atoms with van der Waals surface area (Å²) in [6.45, 7) is 5.02. The largest absolute Gasteiger partial charge is 0.325 e. The summed E-state index contributed by atoms with van der Waals surface area (Å²) in [4.78, 5) is 16.3. The van der Waals surface area contributed by atoms with E-state index in [0.717, 1.165) is 41.6 Å². The molecule has 3 aromatic rings. The molecular formula is C20H23N5OS. The molecule has 0 saturated carbocycles. The molecule has 0 aliphatic heterocycles. The molecule has 2 heterocycles. The molecule has 6 nitrogen and oxygen atoms in total. The topological polar surface area (TPSA) is 72.7 Å². The van der Waals surface area contributed by atoms with Crippen molar-refractivity contribution < 1.29 is 4.79 Å². The number of aromatic nitrogens is 4. The normalized spacial score (nSPS) is 10.7. The second-order valence-electron chi connectivity index (χ2n) is 6.08. The summed E-state index contributed by atoms with van der Waals surface area (Å²) in [5, 5.41) is 12.3. The molecule has 27 heavy (non-hydrogen) atoms. The first-order valence-corrected chi connectivity index (χ1v) is 10.0. The van der Waals surface area contributed by atoms with Crippen LogP contribution in [0.5, 0.6) is 0 Å². The number of nitrogens with one attached hydrogen (secondary N) is 1. The van der Waals surface area contributed by atoms with Gasteiger partial charge in [-0.15, -0.1) is 10.2 Å². The Bertz CT molecular complexity index is 877. The number of hydrogen-bond donors (Lipinski definition) is 1. The van der Waals surface area contributed by atoms with Crippen LogP contribution < -0.4 is 5.32 Å². The SMILES string of the molecule is CCCn1c(SCC(=O)Nc2ccc(CC)cc2)nnc1-c1ccncc1. The fourth-order valence-electron chi connectivity index (χ4n) is 2.69. The van der Waals surface area contributed by atoms with E-state index in [2.05, 4.69) is 38.9 Å². The van der Waals surface area contributed by atoms with Crippen molar-refractivity contribution in [2.75, 3.05) is 11.1 Å². The summed E-state index contributed by atoms with van der Waals surface area (Å²) in [6.07, 6.45) is 5.42. The Morgan fingerprint density at radius 1 is 1.07 bits per heavy atom. The second-order valence-corrected chi connectivity index (χ2v) is 7.02. The quantitative estimate of drug-likeness (QED) is 0.596. The van der Waals surface area contributed by atoms with Gasteiger partial charge in [-0.05, 0) is 42.7 Å². The summed E-state index contributed by atoms with van der Waals surface area (Å²) in [5.74, 6) is 1.03. The van der Waals surface area contributed by atoms with Gasteiger partial charge in [0.2, 0.25) is 5.91 Å². The van der Waals surface area contributed by atoms with Gasteiger partial charge in [-0.25, -0.2) is 0 Å². The second kappa shape index (κ2) is 9.32. The molecule has 0 unspecified atom stereocenters. The minimum atomic E-state index is -0.0549. The Morgan fingerprint density at radius 2 is 1.81 bits per heavy atom. The zero-order valence-corrected chi connectivity index (χ0v) is 16.4. The van der Waals surface area contributed by atoms with E-state index < -0.39 is 0 Å². The lowest BCUT2D eigenvalue weighted by Crippen LogP contribution is -2.14. The van der Waals surface area contributed by atoms with Crippen LogP contribution in [0.25, 0.3) is 11.4 Å². The number of aryl methyl sites for hydroxylation is 1. The van der Waals surface area contributed by atoms with Gasteiger partial charge in [0.15, 0.2) is 11.0 Å². The van der Waals surface area contributed by atoms with Crippen LogP contribution >= 0.6 is 11.8 Å². The molecule has 0 spiro atoms. The maximum Gasteiger partial charge on any atom is 0.234 e. The summed E-state index contributed by atoms with van der Waals surface area (Å²) in [5.41, 5.74) is 3.03. The number of hydrogen-bond acceptors (Lipinski definition) is 5. The lowest BCUT2D eigenvalue weighted by molar-refractivity contribution is -0.113. The molecule has 2 aromatic heterocycles. The highest BCUT2D eigenvalue weighted by atomic mass is 32.2. The molecule has 0 saturated heterocycles. The number of carbonyl (C=O) groups excluding carboxylic acids is 1. The molecule has 0 atom stereocenters. The molecule has 0 radical (unpaired) electrons. The molecule has 1 amide bonds. The van der Waals surface area contributed by atoms with E-state index in [0.29, 0.717) is 0 Å². The van der Waals surface area contributed by atoms with Crippen LogP contribution in [0.2, 0.25) is 0 Å². The van der Waals surface area contributed by atoms with Gasteiger partial charge >= 0.3 is 0 Å². The number of amides is 1. The molecule has 1 N–H and O–H groups in total. The Morgan fingerprint density at radius 3 is 2.48 bits per heavy atom. The molecule has 0 bridgehead atoms. The molecule has 3 rings (SSSR count). The number of anilines is 1. The van der Waals surface area contributed by atoms with Gasteiger partial charge in [-0.1, -0.05) is 37.7 Å². The first-order valence-electron chi connectivity index (χ1n) is 9.06. The summed E-state index contributed by atoms with van der Waals surface area (Å²) >= 11 is 1.40. The van der Waals surface area contributed by atoms with Crippen molar-refractivity contribution in [3.63, 3.8) is 0 Å². The number of rotatable bonds is 8. The standard InChI is InChI=1S/C20H23N5OS/c1-3-13-25-19(16-9-11-21-12-10-16)23-24-20(25)27-14-18(26)22-17-7-5-15(4-2)6-8-17/h5-12H,3-4,13-14H2,1-2H3,(H,22,26). The fraction of sp³-hybridized carbons (Fsp3) is 0.300. The lowest BCUT2D eigenvalue weighted by atomic mass is 10.1. The van der Waals surface area contributed by atoms with Crippen molar-refractivity contribution in [1.82, 2.24) is 19.7 Å². The maximum absolute atomic E-state index is 12.3. The highest BCUT2D eigenvalue weighted by molar-refractivity contribution is 7.99. The Hall–Kier alpha value is -2.67. The van der Waals surface area contributed by atoms with Gasteiger partial charge in [-0.3, -0.25) is 9.78 Å². The van der Waals surface area contributed by atoms with E-state index in [1.165, 1.54) is 17.3 Å². The molecule has 0 aliphatic rings. The van der Waals surface area contributed by atoms with Gasteiger partial charge in [0, 0.05) is 30.2 Å². The van der Waals surface area contributed by atoms with Crippen LogP contribution in [-0.4, -0.2) is 31.4 Å². The van der Waals surface area contributed by atoms with Crippen molar-refractivity contribution >= 4 is 23.4 Å². The van der Waals surface area contributed by atoms with E-state index in [-0.39, 0.29) is 11.7 Å². The molecule has 1 aromatic carbocycles. The minimum absolute atomic E-state index is 0.0549. The Balaban J connectivity index is 1.66. The average Bonchev–Trinajstić information content (AvgIpc) is 3.10. The van der Waals surface area contributed by atoms with Gasteiger partial charge in [0.1, 0.15) is 0 Å². The van der Waals surface area contributed by atoms with Gasteiger partial charge < -0.3 is 9.88 Å². The molecule has 7 heteroatoms. The van der Waals surface area contributed by atoms with Gasteiger partial charge in [0.25, 0.3) is 0 Å². The molecule has 140 valence electrons. The summed E-state index contributed by atoms with van der Waals surface area (Å²) in [7, 11) is 0. The lowest BCUT2D eigenvalue weighted by Gasteiger charge is -2.09. The summed E-state index contributed by atoms with van der Waals surface area (Å²) < 4.78 is 2.06. The van der Waals surface area contributed by atoms with E-state index in [9.17, 15) is 4.79 Å². The predicted molar refractivity (Wildman–Crippen MR) is 109 cm³/mol. The van der Waals surface area contributed by atoms with E-state index in [1.54, 1.807) is 12.4 Å². The van der Waals surface area contributed by atoms with Crippen LogP contribution in [0.3, 0.4) is 0 Å². The Labute approximate surface area is 163 Å². The first kappa shape index (κ1) is 19.1. The molecular weight excluding hydrogens is 358 g/mol. The minimum Gasteiger partial charge on any atom is -0.325 e. The van der Waals surface area contributed by atoms with Gasteiger partial charge in [0.05, 0.1) is 5.75 Å². The number of thioether (sulfide) groups is 1. The van der Waals surface area contributed by atoms with Gasteiger partial charge in [-0.2, -0.15) is 0 Å². The third kappa shape index (κ3) is 4.95. The highest BCUT2D eigenvalue weighted by Crippen LogP contribution is 2.24. The molecule has 0 aliphatic carbocycles. The van der Waals surface area contributed by atoms with Crippen molar-refractivity contribution in [3.8, 4) is 11.4 Å². The average molecular weight is 382 g/mol. The van der Waals surface area contributed by atoms with Crippen LogP contribution in [0, 0.1) is 0 Å². The Kier molecular flexibility index (Phi) is 6.59. The number of benzene rings is 1. The molecule has 0 fully saturated rings. The van der Waals surface area contributed by atoms with E-state index in [4.69, 9.17) is 0 Å². The van der Waals surface area contributed by atoms with Crippen LogP contribution in [0.4, 0.5) is 5.69 Å². The summed E-state index contributed by atoms with van der Waals surface area (Å²) in [6, 6.07) is 11.8. The maximum atomic E-state index is 12.3.